The molecular weight excluding hydrogens is 280 g/mol. The molecule has 1 fully saturated rings. The Balaban J connectivity index is 1.81. The van der Waals surface area contributed by atoms with E-state index in [-0.39, 0.29) is 11.8 Å². The highest BCUT2D eigenvalue weighted by Crippen LogP contribution is 2.32. The molecule has 0 unspecified atom stereocenters. The number of nitrogens with one attached hydrogen (secondary N) is 1. The molecule has 1 aliphatic rings. The average molecular weight is 300 g/mol. The first-order valence-electron chi connectivity index (χ1n) is 7.54. The van der Waals surface area contributed by atoms with Crippen LogP contribution in [0.2, 0.25) is 0 Å². The molecule has 1 saturated carbocycles. The van der Waals surface area contributed by atoms with Crippen LogP contribution >= 0.6 is 0 Å². The predicted molar refractivity (Wildman–Crippen MR) is 86.2 cm³/mol. The Morgan fingerprint density at radius 3 is 2.77 bits per heavy atom. The van der Waals surface area contributed by atoms with E-state index in [0.717, 1.165) is 29.9 Å². The van der Waals surface area contributed by atoms with Crippen LogP contribution in [0.5, 0.6) is 11.5 Å². The molecule has 0 bridgehead atoms. The summed E-state index contributed by atoms with van der Waals surface area (Å²) >= 11 is 0. The topological polar surface area (TPSA) is 56.2 Å². The summed E-state index contributed by atoms with van der Waals surface area (Å²) in [5, 5.41) is 0. The third kappa shape index (κ3) is 3.24. The Kier molecular flexibility index (Phi) is 4.32. The molecule has 22 heavy (non-hydrogen) atoms. The minimum atomic E-state index is -0.160. The van der Waals surface area contributed by atoms with E-state index in [4.69, 9.17) is 9.47 Å². The average Bonchev–Trinajstić information content (AvgIpc) is 3.17. The largest absolute Gasteiger partial charge is 0.493 e. The molecule has 1 heterocycles. The van der Waals surface area contributed by atoms with Gasteiger partial charge >= 0.3 is 5.69 Å². The third-order valence-electron chi connectivity index (χ3n) is 3.89. The van der Waals surface area contributed by atoms with Crippen molar-refractivity contribution in [3.63, 3.8) is 0 Å². The van der Waals surface area contributed by atoms with E-state index >= 15 is 0 Å². The van der Waals surface area contributed by atoms with Gasteiger partial charge in [-0.25, -0.2) is 4.79 Å². The first-order chi connectivity index (χ1) is 10.8. The van der Waals surface area contributed by atoms with Crippen LogP contribution in [0.25, 0.3) is 12.3 Å². The SMILES string of the molecule is COc1ccc(/C=C/n2cc[nH]c2=O)cc1OC1CCCC1. The van der Waals surface area contributed by atoms with Crippen LogP contribution in [0.4, 0.5) is 0 Å². The summed E-state index contributed by atoms with van der Waals surface area (Å²) in [5.41, 5.74) is 0.800. The highest BCUT2D eigenvalue weighted by molar-refractivity contribution is 5.63. The molecule has 5 nitrogen and oxygen atoms in total. The Hall–Kier alpha value is -2.43. The van der Waals surface area contributed by atoms with Gasteiger partial charge in [-0.1, -0.05) is 6.07 Å². The molecule has 1 N–H and O–H groups in total. The van der Waals surface area contributed by atoms with Gasteiger partial charge in [-0.3, -0.25) is 4.57 Å². The maximum Gasteiger partial charge on any atom is 0.329 e. The molecule has 5 heteroatoms. The number of hydrogen-bond acceptors (Lipinski definition) is 3. The molecule has 0 saturated heterocycles. The van der Waals surface area contributed by atoms with Gasteiger partial charge in [0.2, 0.25) is 0 Å². The molecule has 1 aromatic carbocycles. The summed E-state index contributed by atoms with van der Waals surface area (Å²) < 4.78 is 12.9. The Labute approximate surface area is 129 Å². The number of imidazole rings is 1. The van der Waals surface area contributed by atoms with Gasteiger partial charge in [0.05, 0.1) is 13.2 Å². The van der Waals surface area contributed by atoms with Crippen LogP contribution in [-0.2, 0) is 0 Å². The fourth-order valence-electron chi connectivity index (χ4n) is 2.69. The summed E-state index contributed by atoms with van der Waals surface area (Å²) in [4.78, 5) is 14.0. The van der Waals surface area contributed by atoms with Crippen LogP contribution < -0.4 is 15.2 Å². The lowest BCUT2D eigenvalue weighted by molar-refractivity contribution is 0.201. The van der Waals surface area contributed by atoms with Crippen LogP contribution in [0, 0.1) is 0 Å². The number of ether oxygens (including phenoxy) is 2. The van der Waals surface area contributed by atoms with Crippen molar-refractivity contribution in [1.29, 1.82) is 0 Å². The lowest BCUT2D eigenvalue weighted by Gasteiger charge is -2.16. The number of aromatic nitrogens is 2. The molecule has 0 radical (unpaired) electrons. The van der Waals surface area contributed by atoms with Gasteiger partial charge in [0.1, 0.15) is 0 Å². The van der Waals surface area contributed by atoms with Gasteiger partial charge in [0.15, 0.2) is 11.5 Å². The Bertz CT molecular complexity index is 709. The molecular formula is C17H20N2O3. The van der Waals surface area contributed by atoms with Crippen LogP contribution in [-0.4, -0.2) is 22.8 Å². The van der Waals surface area contributed by atoms with Gasteiger partial charge < -0.3 is 14.5 Å². The van der Waals surface area contributed by atoms with Crippen molar-refractivity contribution < 1.29 is 9.47 Å². The fourth-order valence-corrected chi connectivity index (χ4v) is 2.69. The fraction of sp³-hybridized carbons (Fsp3) is 0.353. The molecule has 2 aromatic rings. The smallest absolute Gasteiger partial charge is 0.329 e. The van der Waals surface area contributed by atoms with Crippen molar-refractivity contribution >= 4 is 12.3 Å². The highest BCUT2D eigenvalue weighted by atomic mass is 16.5. The molecule has 3 rings (SSSR count). The first kappa shape index (κ1) is 14.5. The van der Waals surface area contributed by atoms with Crippen LogP contribution in [0.15, 0.2) is 35.4 Å². The van der Waals surface area contributed by atoms with Crippen molar-refractivity contribution in [3.05, 3.63) is 46.6 Å². The highest BCUT2D eigenvalue weighted by Gasteiger charge is 2.18. The van der Waals surface area contributed by atoms with Gasteiger partial charge in [0.25, 0.3) is 0 Å². The number of H-pyrrole nitrogens is 1. The van der Waals surface area contributed by atoms with E-state index < -0.39 is 0 Å². The first-order valence-corrected chi connectivity index (χ1v) is 7.54. The van der Waals surface area contributed by atoms with E-state index in [1.54, 1.807) is 25.7 Å². The second-order valence-electron chi connectivity index (χ2n) is 5.42. The number of rotatable bonds is 5. The predicted octanol–water partition coefficient (Wildman–Crippen LogP) is 3.13. The van der Waals surface area contributed by atoms with Crippen molar-refractivity contribution in [2.24, 2.45) is 0 Å². The summed E-state index contributed by atoms with van der Waals surface area (Å²) in [7, 11) is 1.64. The van der Waals surface area contributed by atoms with Gasteiger partial charge in [-0.15, -0.1) is 0 Å². The molecule has 0 aliphatic heterocycles. The Morgan fingerprint density at radius 1 is 1.27 bits per heavy atom. The molecule has 0 atom stereocenters. The summed E-state index contributed by atoms with van der Waals surface area (Å²) in [6.45, 7) is 0. The summed E-state index contributed by atoms with van der Waals surface area (Å²) in [6, 6.07) is 5.78. The van der Waals surface area contributed by atoms with E-state index in [9.17, 15) is 4.79 Å². The van der Waals surface area contributed by atoms with E-state index in [2.05, 4.69) is 4.98 Å². The Morgan fingerprint density at radius 2 is 2.09 bits per heavy atom. The lowest BCUT2D eigenvalue weighted by atomic mass is 10.2. The molecule has 1 aromatic heterocycles. The third-order valence-corrected chi connectivity index (χ3v) is 3.89. The molecule has 0 spiro atoms. The summed E-state index contributed by atoms with van der Waals surface area (Å²) in [6.07, 6.45) is 11.8. The van der Waals surface area contributed by atoms with E-state index in [1.165, 1.54) is 17.4 Å². The van der Waals surface area contributed by atoms with Crippen molar-refractivity contribution in [3.8, 4) is 11.5 Å². The van der Waals surface area contributed by atoms with Gasteiger partial charge in [-0.05, 0) is 49.5 Å². The maximum absolute atomic E-state index is 11.4. The summed E-state index contributed by atoms with van der Waals surface area (Å²) in [5.74, 6) is 1.50. The number of aromatic amines is 1. The van der Waals surface area contributed by atoms with E-state index in [1.807, 2.05) is 24.3 Å². The van der Waals surface area contributed by atoms with Crippen LogP contribution in [0.1, 0.15) is 31.2 Å². The van der Waals surface area contributed by atoms with Crippen molar-refractivity contribution in [1.82, 2.24) is 9.55 Å². The number of methoxy groups -OCH3 is 1. The number of benzene rings is 1. The zero-order valence-corrected chi connectivity index (χ0v) is 12.6. The van der Waals surface area contributed by atoms with Crippen LogP contribution in [0.3, 0.4) is 0 Å². The standard InChI is InChI=1S/C17H20N2O3/c1-21-15-7-6-13(8-10-19-11-9-18-17(19)20)12-16(15)22-14-4-2-3-5-14/h6-12,14H,2-5H2,1H3,(H,18,20)/b10-8+. The minimum Gasteiger partial charge on any atom is -0.493 e. The van der Waals surface area contributed by atoms with Gasteiger partial charge in [-0.2, -0.15) is 0 Å². The van der Waals surface area contributed by atoms with Gasteiger partial charge in [0, 0.05) is 18.6 Å². The minimum absolute atomic E-state index is 0.160. The number of hydrogen-bond donors (Lipinski definition) is 1. The lowest BCUT2D eigenvalue weighted by Crippen LogP contribution is -2.11. The molecule has 116 valence electrons. The zero-order chi connectivity index (χ0) is 15.4. The maximum atomic E-state index is 11.4. The normalized spacial score (nSPS) is 15.5. The van der Waals surface area contributed by atoms with E-state index in [0.29, 0.717) is 0 Å². The van der Waals surface area contributed by atoms with Crippen molar-refractivity contribution in [2.75, 3.05) is 7.11 Å². The molecule has 1 aliphatic carbocycles. The second-order valence-corrected chi connectivity index (χ2v) is 5.42. The monoisotopic (exact) mass is 300 g/mol. The molecule has 0 amide bonds. The quantitative estimate of drug-likeness (QED) is 0.923. The second kappa shape index (κ2) is 6.56. The zero-order valence-electron chi connectivity index (χ0n) is 12.6. The number of nitrogens with zero attached hydrogens (tertiary/aromatic N) is 1. The van der Waals surface area contributed by atoms with Crippen molar-refractivity contribution in [2.45, 2.75) is 31.8 Å².